The number of carboxylic acid groups (broad SMARTS) is 1. The maximum atomic E-state index is 10.1. The van der Waals surface area contributed by atoms with Crippen LogP contribution in [0.15, 0.2) is 73.9 Å². The van der Waals surface area contributed by atoms with Crippen molar-refractivity contribution in [2.45, 2.75) is 12.8 Å². The Morgan fingerprint density at radius 1 is 1.10 bits per heavy atom. The molecule has 2 rings (SSSR count). The third-order valence-electron chi connectivity index (χ3n) is 3.00. The van der Waals surface area contributed by atoms with E-state index in [-0.39, 0.29) is 5.57 Å². The summed E-state index contributed by atoms with van der Waals surface area (Å²) >= 11 is 0. The van der Waals surface area contributed by atoms with Gasteiger partial charge >= 0.3 is 5.97 Å². The molecular weight excluding hydrogens is 260 g/mol. The molecule has 0 saturated heterocycles. The fraction of sp³-hybridized carbons (Fsp3) is 0.105. The molecule has 0 bridgehead atoms. The van der Waals surface area contributed by atoms with E-state index in [9.17, 15) is 4.79 Å². The first kappa shape index (κ1) is 16.4. The maximum Gasteiger partial charge on any atom is 0.330 e. The second kappa shape index (κ2) is 8.54. The molecule has 0 saturated carbocycles. The summed E-state index contributed by atoms with van der Waals surface area (Å²) in [4.78, 5) is 10.1. The molecule has 0 aliphatic rings. The molecule has 0 aliphatic carbocycles. The van der Waals surface area contributed by atoms with Crippen LogP contribution in [0.5, 0.6) is 0 Å². The number of benzene rings is 2. The van der Waals surface area contributed by atoms with Gasteiger partial charge in [-0.05, 0) is 29.2 Å². The van der Waals surface area contributed by atoms with Gasteiger partial charge in [-0.25, -0.2) is 4.79 Å². The predicted molar refractivity (Wildman–Crippen MR) is 90.2 cm³/mol. The molecule has 1 N–H and O–H groups in total. The zero-order valence-electron chi connectivity index (χ0n) is 12.1. The van der Waals surface area contributed by atoms with Crippen molar-refractivity contribution in [3.05, 3.63) is 79.4 Å². The molecule has 0 aliphatic heterocycles. The standard InChI is InChI=1S/C12H10.C7H10O2/c1-2-10-7-5-8-11-6-3-4-9-12(10)11;1-3-4-5-6(2)7(8)9/h2-9H,1H2;3H,1-2,4-5H2,(H,8,9). The molecule has 0 amide bonds. The Morgan fingerprint density at radius 3 is 2.38 bits per heavy atom. The molecule has 0 aromatic heterocycles. The Bertz CT molecular complexity index is 648. The van der Waals surface area contributed by atoms with E-state index in [2.05, 4.69) is 62.2 Å². The van der Waals surface area contributed by atoms with Crippen LogP contribution in [0.2, 0.25) is 0 Å². The molecule has 0 radical (unpaired) electrons. The van der Waals surface area contributed by atoms with Crippen LogP contribution < -0.4 is 0 Å². The molecule has 2 aromatic rings. The Kier molecular flexibility index (Phi) is 6.69. The van der Waals surface area contributed by atoms with Gasteiger partial charge in [0.25, 0.3) is 0 Å². The highest BCUT2D eigenvalue weighted by atomic mass is 16.4. The molecule has 0 heterocycles. The van der Waals surface area contributed by atoms with Crippen LogP contribution in [0.1, 0.15) is 18.4 Å². The lowest BCUT2D eigenvalue weighted by atomic mass is 10.1. The summed E-state index contributed by atoms with van der Waals surface area (Å²) in [5, 5.41) is 10.8. The number of aliphatic carboxylic acids is 1. The van der Waals surface area contributed by atoms with E-state index in [1.54, 1.807) is 6.08 Å². The van der Waals surface area contributed by atoms with Gasteiger partial charge in [0.15, 0.2) is 0 Å². The summed E-state index contributed by atoms with van der Waals surface area (Å²) in [7, 11) is 0. The van der Waals surface area contributed by atoms with E-state index < -0.39 is 5.97 Å². The minimum absolute atomic E-state index is 0.245. The Morgan fingerprint density at radius 2 is 1.76 bits per heavy atom. The Labute approximate surface area is 125 Å². The summed E-state index contributed by atoms with van der Waals surface area (Å²) < 4.78 is 0. The first-order valence-corrected chi connectivity index (χ1v) is 6.72. The third-order valence-corrected chi connectivity index (χ3v) is 3.00. The largest absolute Gasteiger partial charge is 0.478 e. The van der Waals surface area contributed by atoms with Gasteiger partial charge in [-0.2, -0.15) is 0 Å². The molecule has 0 unspecified atom stereocenters. The number of hydrogen-bond donors (Lipinski definition) is 1. The van der Waals surface area contributed by atoms with Gasteiger partial charge in [-0.3, -0.25) is 0 Å². The van der Waals surface area contributed by atoms with Crippen molar-refractivity contribution >= 4 is 22.8 Å². The number of rotatable bonds is 5. The van der Waals surface area contributed by atoms with Crippen LogP contribution in [0.4, 0.5) is 0 Å². The predicted octanol–water partition coefficient (Wildman–Crippen LogP) is 5.08. The van der Waals surface area contributed by atoms with Crippen molar-refractivity contribution in [3.63, 3.8) is 0 Å². The lowest BCUT2D eigenvalue weighted by Crippen LogP contribution is -1.97. The van der Waals surface area contributed by atoms with Crippen LogP contribution in [0.3, 0.4) is 0 Å². The van der Waals surface area contributed by atoms with E-state index in [1.165, 1.54) is 16.3 Å². The molecule has 0 fully saturated rings. The Hall–Kier alpha value is -2.61. The fourth-order valence-electron chi connectivity index (χ4n) is 1.81. The second-order valence-corrected chi connectivity index (χ2v) is 4.51. The zero-order valence-corrected chi connectivity index (χ0v) is 12.1. The molecular formula is C19H20O2. The van der Waals surface area contributed by atoms with Crippen molar-refractivity contribution in [3.8, 4) is 0 Å². The highest BCUT2D eigenvalue weighted by Crippen LogP contribution is 2.18. The van der Waals surface area contributed by atoms with Gasteiger partial charge in [0.1, 0.15) is 0 Å². The summed E-state index contributed by atoms with van der Waals surface area (Å²) in [6.07, 6.45) is 4.75. The maximum absolute atomic E-state index is 10.1. The average Bonchev–Trinajstić information content (AvgIpc) is 2.52. The van der Waals surface area contributed by atoms with Gasteiger partial charge in [0.2, 0.25) is 0 Å². The van der Waals surface area contributed by atoms with Crippen molar-refractivity contribution in [1.82, 2.24) is 0 Å². The van der Waals surface area contributed by atoms with Crippen LogP contribution >= 0.6 is 0 Å². The number of hydrogen-bond acceptors (Lipinski definition) is 1. The van der Waals surface area contributed by atoms with E-state index in [4.69, 9.17) is 5.11 Å². The first-order chi connectivity index (χ1) is 10.1. The molecule has 2 heteroatoms. The normalized spacial score (nSPS) is 9.33. The quantitative estimate of drug-likeness (QED) is 0.613. The molecule has 21 heavy (non-hydrogen) atoms. The average molecular weight is 280 g/mol. The SMILES string of the molecule is C=CCCC(=C)C(=O)O.C=Cc1cccc2ccccc12. The van der Waals surface area contributed by atoms with Gasteiger partial charge in [-0.1, -0.05) is 67.8 Å². The first-order valence-electron chi connectivity index (χ1n) is 6.72. The number of carboxylic acids is 1. The van der Waals surface area contributed by atoms with E-state index in [0.717, 1.165) is 0 Å². The minimum atomic E-state index is -0.920. The second-order valence-electron chi connectivity index (χ2n) is 4.51. The van der Waals surface area contributed by atoms with Crippen LogP contribution in [-0.2, 0) is 4.79 Å². The van der Waals surface area contributed by atoms with Crippen molar-refractivity contribution in [2.75, 3.05) is 0 Å². The smallest absolute Gasteiger partial charge is 0.330 e. The minimum Gasteiger partial charge on any atom is -0.478 e. The van der Waals surface area contributed by atoms with E-state index in [1.807, 2.05) is 6.08 Å². The van der Waals surface area contributed by atoms with Crippen molar-refractivity contribution in [2.24, 2.45) is 0 Å². The van der Waals surface area contributed by atoms with Gasteiger partial charge in [0.05, 0.1) is 0 Å². The molecule has 108 valence electrons. The van der Waals surface area contributed by atoms with Gasteiger partial charge in [-0.15, -0.1) is 6.58 Å². The molecule has 2 nitrogen and oxygen atoms in total. The zero-order chi connectivity index (χ0) is 15.7. The van der Waals surface area contributed by atoms with Crippen LogP contribution in [0, 0.1) is 0 Å². The van der Waals surface area contributed by atoms with Crippen LogP contribution in [0.25, 0.3) is 16.8 Å². The highest BCUT2D eigenvalue weighted by molar-refractivity contribution is 5.90. The lowest BCUT2D eigenvalue weighted by Gasteiger charge is -1.99. The summed E-state index contributed by atoms with van der Waals surface area (Å²) in [6.45, 7) is 10.6. The van der Waals surface area contributed by atoms with Gasteiger partial charge < -0.3 is 5.11 Å². The summed E-state index contributed by atoms with van der Waals surface area (Å²) in [6, 6.07) is 14.6. The van der Waals surface area contributed by atoms with Crippen molar-refractivity contribution < 1.29 is 9.90 Å². The van der Waals surface area contributed by atoms with E-state index in [0.29, 0.717) is 12.8 Å². The van der Waals surface area contributed by atoms with Crippen LogP contribution in [-0.4, -0.2) is 11.1 Å². The third kappa shape index (κ3) is 5.11. The molecule has 0 spiro atoms. The summed E-state index contributed by atoms with van der Waals surface area (Å²) in [5.41, 5.74) is 1.45. The number of carbonyl (C=O) groups is 1. The highest BCUT2D eigenvalue weighted by Gasteiger charge is 2.00. The monoisotopic (exact) mass is 280 g/mol. The van der Waals surface area contributed by atoms with Crippen molar-refractivity contribution in [1.29, 1.82) is 0 Å². The molecule has 0 atom stereocenters. The lowest BCUT2D eigenvalue weighted by molar-refractivity contribution is -0.132. The summed E-state index contributed by atoms with van der Waals surface area (Å²) in [5.74, 6) is -0.920. The number of fused-ring (bicyclic) bond motifs is 1. The van der Waals surface area contributed by atoms with Gasteiger partial charge in [0, 0.05) is 5.57 Å². The topological polar surface area (TPSA) is 37.3 Å². The molecule has 2 aromatic carbocycles. The Balaban J connectivity index is 0.000000222. The number of allylic oxidation sites excluding steroid dienone is 1. The fourth-order valence-corrected chi connectivity index (χ4v) is 1.81. The van der Waals surface area contributed by atoms with E-state index >= 15 is 0 Å².